The van der Waals surface area contributed by atoms with Gasteiger partial charge >= 0.3 is 5.69 Å². The van der Waals surface area contributed by atoms with Crippen LogP contribution in [0.25, 0.3) is 0 Å². The predicted octanol–water partition coefficient (Wildman–Crippen LogP) is 1.17. The number of nitrogens with zero attached hydrogens (tertiary/aromatic N) is 2. The first kappa shape index (κ1) is 11.8. The summed E-state index contributed by atoms with van der Waals surface area (Å²) in [5.41, 5.74) is -0.694. The van der Waals surface area contributed by atoms with Gasteiger partial charge < -0.3 is 4.57 Å². The topological polar surface area (TPSA) is 44.0 Å². The van der Waals surface area contributed by atoms with Crippen LogP contribution in [-0.4, -0.2) is 9.13 Å². The fourth-order valence-electron chi connectivity index (χ4n) is 1.28. The Hall–Kier alpha value is -1.29. The molecule has 0 aliphatic heterocycles. The largest absolute Gasteiger partial charge is 0.331 e. The Morgan fingerprint density at radius 2 is 2.20 bits per heavy atom. The summed E-state index contributed by atoms with van der Waals surface area (Å²) in [5.74, 6) is 0. The first-order valence-corrected chi connectivity index (χ1v) is 5.07. The molecule has 0 aliphatic rings. The molecule has 0 amide bonds. The van der Waals surface area contributed by atoms with Crippen molar-refractivity contribution < 1.29 is 0 Å². The molecule has 0 fully saturated rings. The van der Waals surface area contributed by atoms with Crippen molar-refractivity contribution in [3.8, 4) is 0 Å². The van der Waals surface area contributed by atoms with Gasteiger partial charge in [-0.3, -0.25) is 9.36 Å². The molecule has 0 bridgehead atoms. The Balaban J connectivity index is 3.24. The number of halogens is 1. The molecule has 82 valence electrons. The van der Waals surface area contributed by atoms with E-state index in [0.717, 1.165) is 11.0 Å². The van der Waals surface area contributed by atoms with Crippen molar-refractivity contribution in [2.24, 2.45) is 0 Å². The van der Waals surface area contributed by atoms with Crippen LogP contribution in [0.15, 0.2) is 33.5 Å². The molecule has 0 radical (unpaired) electrons. The minimum absolute atomic E-state index is 0.0593. The maximum atomic E-state index is 11.7. The van der Waals surface area contributed by atoms with Crippen molar-refractivity contribution in [1.82, 2.24) is 9.13 Å². The molecule has 1 heterocycles. The lowest BCUT2D eigenvalue weighted by atomic mass is 10.4. The molecule has 0 atom stereocenters. The first-order valence-electron chi connectivity index (χ1n) is 4.69. The fourth-order valence-corrected chi connectivity index (χ4v) is 1.40. The number of allylic oxidation sites excluding steroid dienone is 1. The number of rotatable bonds is 4. The molecule has 1 rings (SSSR count). The Kier molecular flexibility index (Phi) is 3.91. The van der Waals surface area contributed by atoms with E-state index in [4.69, 9.17) is 11.6 Å². The second-order valence-electron chi connectivity index (χ2n) is 3.23. The van der Waals surface area contributed by atoms with E-state index < -0.39 is 0 Å². The van der Waals surface area contributed by atoms with Crippen LogP contribution >= 0.6 is 11.6 Å². The van der Waals surface area contributed by atoms with Gasteiger partial charge in [-0.1, -0.05) is 25.1 Å². The van der Waals surface area contributed by atoms with Crippen LogP contribution in [0.2, 0.25) is 0 Å². The van der Waals surface area contributed by atoms with E-state index in [-0.39, 0.29) is 22.8 Å². The number of aromatic nitrogens is 2. The SMILES string of the molecule is C=C(Cl)Cn1c(=O)ccn(CCC)c1=O. The third-order valence-corrected chi connectivity index (χ3v) is 2.05. The normalized spacial score (nSPS) is 10.3. The summed E-state index contributed by atoms with van der Waals surface area (Å²) in [4.78, 5) is 23.1. The Labute approximate surface area is 92.4 Å². The Bertz CT molecular complexity index is 473. The van der Waals surface area contributed by atoms with E-state index in [9.17, 15) is 9.59 Å². The highest BCUT2D eigenvalue weighted by atomic mass is 35.5. The third-order valence-electron chi connectivity index (χ3n) is 1.93. The van der Waals surface area contributed by atoms with Crippen molar-refractivity contribution in [1.29, 1.82) is 0 Å². The zero-order valence-electron chi connectivity index (χ0n) is 8.57. The monoisotopic (exact) mass is 228 g/mol. The van der Waals surface area contributed by atoms with Gasteiger partial charge in [0.05, 0.1) is 6.54 Å². The van der Waals surface area contributed by atoms with Gasteiger partial charge in [-0.25, -0.2) is 4.79 Å². The summed E-state index contributed by atoms with van der Waals surface area (Å²) in [6, 6.07) is 1.36. The third kappa shape index (κ3) is 2.83. The van der Waals surface area contributed by atoms with Gasteiger partial charge in [0.15, 0.2) is 0 Å². The predicted molar refractivity (Wildman–Crippen MR) is 60.2 cm³/mol. The number of aryl methyl sites for hydroxylation is 1. The van der Waals surface area contributed by atoms with E-state index >= 15 is 0 Å². The van der Waals surface area contributed by atoms with Gasteiger partial charge in [0.2, 0.25) is 0 Å². The molecule has 0 N–H and O–H groups in total. The summed E-state index contributed by atoms with van der Waals surface area (Å²) in [5, 5.41) is 0.267. The average Bonchev–Trinajstić information content (AvgIpc) is 2.17. The van der Waals surface area contributed by atoms with Gasteiger partial charge in [-0.15, -0.1) is 0 Å². The zero-order valence-corrected chi connectivity index (χ0v) is 9.33. The van der Waals surface area contributed by atoms with Crippen LogP contribution in [0.1, 0.15) is 13.3 Å². The van der Waals surface area contributed by atoms with Crippen LogP contribution < -0.4 is 11.2 Å². The van der Waals surface area contributed by atoms with Crippen molar-refractivity contribution in [3.05, 3.63) is 44.7 Å². The molecule has 5 heteroatoms. The van der Waals surface area contributed by atoms with Gasteiger partial charge in [-0.05, 0) is 6.42 Å². The molecular formula is C10H13ClN2O2. The second kappa shape index (κ2) is 4.98. The van der Waals surface area contributed by atoms with Crippen LogP contribution in [-0.2, 0) is 13.1 Å². The lowest BCUT2D eigenvalue weighted by Gasteiger charge is -2.07. The minimum Gasteiger partial charge on any atom is -0.300 e. The molecule has 15 heavy (non-hydrogen) atoms. The van der Waals surface area contributed by atoms with Crippen LogP contribution in [0.5, 0.6) is 0 Å². The van der Waals surface area contributed by atoms with Gasteiger partial charge in [0, 0.05) is 23.8 Å². The molecule has 0 unspecified atom stereocenters. The maximum Gasteiger partial charge on any atom is 0.331 e. The number of hydrogen-bond donors (Lipinski definition) is 0. The zero-order chi connectivity index (χ0) is 11.4. The highest BCUT2D eigenvalue weighted by molar-refractivity contribution is 6.29. The van der Waals surface area contributed by atoms with E-state index in [0.29, 0.717) is 6.54 Å². The summed E-state index contributed by atoms with van der Waals surface area (Å²) >= 11 is 5.58. The Morgan fingerprint density at radius 1 is 1.53 bits per heavy atom. The minimum atomic E-state index is -0.353. The lowest BCUT2D eigenvalue weighted by Crippen LogP contribution is -2.39. The van der Waals surface area contributed by atoms with Gasteiger partial charge in [0.25, 0.3) is 5.56 Å². The highest BCUT2D eigenvalue weighted by Gasteiger charge is 2.04. The maximum absolute atomic E-state index is 11.7. The number of hydrogen-bond acceptors (Lipinski definition) is 2. The van der Waals surface area contributed by atoms with E-state index in [1.807, 2.05) is 6.92 Å². The van der Waals surface area contributed by atoms with Gasteiger partial charge in [-0.2, -0.15) is 0 Å². The molecule has 4 nitrogen and oxygen atoms in total. The van der Waals surface area contributed by atoms with Gasteiger partial charge in [0.1, 0.15) is 0 Å². The summed E-state index contributed by atoms with van der Waals surface area (Å²) < 4.78 is 2.56. The summed E-state index contributed by atoms with van der Waals surface area (Å²) in [6.45, 7) is 6.08. The fraction of sp³-hybridized carbons (Fsp3) is 0.400. The van der Waals surface area contributed by atoms with Crippen LogP contribution in [0, 0.1) is 0 Å². The molecule has 1 aromatic rings. The molecule has 0 saturated carbocycles. The average molecular weight is 229 g/mol. The molecular weight excluding hydrogens is 216 g/mol. The Morgan fingerprint density at radius 3 is 2.73 bits per heavy atom. The van der Waals surface area contributed by atoms with E-state index in [1.54, 1.807) is 0 Å². The van der Waals surface area contributed by atoms with E-state index in [2.05, 4.69) is 6.58 Å². The quantitative estimate of drug-likeness (QED) is 0.777. The summed E-state index contributed by atoms with van der Waals surface area (Å²) in [6.07, 6.45) is 2.33. The second-order valence-corrected chi connectivity index (χ2v) is 3.77. The highest BCUT2D eigenvalue weighted by Crippen LogP contribution is 1.97. The first-order chi connectivity index (χ1) is 7.06. The van der Waals surface area contributed by atoms with Crippen molar-refractivity contribution >= 4 is 11.6 Å². The smallest absolute Gasteiger partial charge is 0.300 e. The van der Waals surface area contributed by atoms with Crippen LogP contribution in [0.3, 0.4) is 0 Å². The van der Waals surface area contributed by atoms with Crippen molar-refractivity contribution in [2.75, 3.05) is 0 Å². The molecule has 0 aliphatic carbocycles. The summed E-state index contributed by atoms with van der Waals surface area (Å²) in [7, 11) is 0. The molecule has 0 aromatic carbocycles. The molecule has 1 aromatic heterocycles. The van der Waals surface area contributed by atoms with Crippen molar-refractivity contribution in [2.45, 2.75) is 26.4 Å². The van der Waals surface area contributed by atoms with Crippen LogP contribution in [0.4, 0.5) is 0 Å². The molecule has 0 saturated heterocycles. The standard InChI is InChI=1S/C10H13ClN2O2/c1-3-5-12-6-4-9(14)13(10(12)15)7-8(2)11/h4,6H,2-3,5,7H2,1H3. The van der Waals surface area contributed by atoms with Crippen molar-refractivity contribution in [3.63, 3.8) is 0 Å². The molecule has 0 spiro atoms. The van der Waals surface area contributed by atoms with E-state index in [1.165, 1.54) is 16.8 Å². The lowest BCUT2D eigenvalue weighted by molar-refractivity contribution is 0.573.